The topological polar surface area (TPSA) is 88.0 Å². The van der Waals surface area contributed by atoms with Gasteiger partial charge in [0.25, 0.3) is 5.91 Å². The molecule has 0 aliphatic carbocycles. The predicted molar refractivity (Wildman–Crippen MR) is 79.7 cm³/mol. The number of hydrazone groups is 1. The van der Waals surface area contributed by atoms with E-state index < -0.39 is 11.9 Å². The molecule has 0 aliphatic rings. The molecule has 0 fully saturated rings. The van der Waals surface area contributed by atoms with Gasteiger partial charge in [0, 0.05) is 0 Å². The SMILES string of the molecule is C/C(=N/NC(=O)COc1cc(C)ccc1C(C)C)C(=O)O. The first-order chi connectivity index (χ1) is 9.81. The van der Waals surface area contributed by atoms with Crippen molar-refractivity contribution in [3.8, 4) is 5.75 Å². The zero-order valence-electron chi connectivity index (χ0n) is 12.6. The smallest absolute Gasteiger partial charge is 0.351 e. The molecule has 0 saturated carbocycles. The predicted octanol–water partition coefficient (Wildman–Crippen LogP) is 2.07. The quantitative estimate of drug-likeness (QED) is 0.620. The Morgan fingerprint density at radius 3 is 2.62 bits per heavy atom. The Kier molecular flexibility index (Phi) is 5.90. The Bertz CT molecular complexity index is 565. The van der Waals surface area contributed by atoms with E-state index in [9.17, 15) is 9.59 Å². The summed E-state index contributed by atoms with van der Waals surface area (Å²) in [5.41, 5.74) is 4.00. The van der Waals surface area contributed by atoms with Gasteiger partial charge in [0.2, 0.25) is 0 Å². The van der Waals surface area contributed by atoms with Gasteiger partial charge in [-0.1, -0.05) is 26.0 Å². The molecule has 0 bridgehead atoms. The summed E-state index contributed by atoms with van der Waals surface area (Å²) < 4.78 is 5.51. The van der Waals surface area contributed by atoms with Crippen molar-refractivity contribution in [1.82, 2.24) is 5.43 Å². The van der Waals surface area contributed by atoms with Gasteiger partial charge in [-0.05, 0) is 37.0 Å². The van der Waals surface area contributed by atoms with Crippen LogP contribution < -0.4 is 10.2 Å². The largest absolute Gasteiger partial charge is 0.483 e. The third kappa shape index (κ3) is 5.25. The number of hydrogen-bond acceptors (Lipinski definition) is 4. The average Bonchev–Trinajstić information content (AvgIpc) is 2.41. The molecule has 0 radical (unpaired) electrons. The number of aliphatic carboxylic acids is 1. The maximum Gasteiger partial charge on any atom is 0.351 e. The van der Waals surface area contributed by atoms with Crippen LogP contribution >= 0.6 is 0 Å². The van der Waals surface area contributed by atoms with E-state index in [2.05, 4.69) is 10.5 Å². The van der Waals surface area contributed by atoms with E-state index in [1.165, 1.54) is 6.92 Å². The fourth-order valence-corrected chi connectivity index (χ4v) is 1.61. The van der Waals surface area contributed by atoms with Crippen LogP contribution in [0.4, 0.5) is 0 Å². The van der Waals surface area contributed by atoms with E-state index in [4.69, 9.17) is 9.84 Å². The molecule has 0 heterocycles. The molecule has 21 heavy (non-hydrogen) atoms. The zero-order chi connectivity index (χ0) is 16.0. The van der Waals surface area contributed by atoms with Gasteiger partial charge in [-0.25, -0.2) is 10.2 Å². The Morgan fingerprint density at radius 1 is 1.38 bits per heavy atom. The van der Waals surface area contributed by atoms with E-state index in [1.807, 2.05) is 39.0 Å². The maximum absolute atomic E-state index is 11.6. The molecule has 6 heteroatoms. The van der Waals surface area contributed by atoms with Gasteiger partial charge in [0.1, 0.15) is 11.5 Å². The molecule has 1 aromatic carbocycles. The monoisotopic (exact) mass is 292 g/mol. The fraction of sp³-hybridized carbons (Fsp3) is 0.400. The van der Waals surface area contributed by atoms with Crippen LogP contribution in [-0.2, 0) is 9.59 Å². The summed E-state index contributed by atoms with van der Waals surface area (Å²) in [6.45, 7) is 7.09. The first kappa shape index (κ1) is 16.7. The van der Waals surface area contributed by atoms with Crippen molar-refractivity contribution in [2.45, 2.75) is 33.6 Å². The Balaban J connectivity index is 2.67. The van der Waals surface area contributed by atoms with Crippen molar-refractivity contribution in [3.63, 3.8) is 0 Å². The van der Waals surface area contributed by atoms with Crippen molar-refractivity contribution in [2.75, 3.05) is 6.61 Å². The average molecular weight is 292 g/mol. The van der Waals surface area contributed by atoms with E-state index in [0.29, 0.717) is 5.75 Å². The normalized spacial score (nSPS) is 11.4. The van der Waals surface area contributed by atoms with Crippen LogP contribution in [0, 0.1) is 6.92 Å². The molecule has 0 saturated heterocycles. The molecular weight excluding hydrogens is 272 g/mol. The lowest BCUT2D eigenvalue weighted by atomic mass is 10.0. The third-order valence-corrected chi connectivity index (χ3v) is 2.81. The maximum atomic E-state index is 11.6. The van der Waals surface area contributed by atoms with Gasteiger partial charge in [-0.2, -0.15) is 5.10 Å². The Hall–Kier alpha value is -2.37. The number of carbonyl (C=O) groups excluding carboxylic acids is 1. The third-order valence-electron chi connectivity index (χ3n) is 2.81. The van der Waals surface area contributed by atoms with Gasteiger partial charge >= 0.3 is 5.97 Å². The number of benzene rings is 1. The number of carboxylic acid groups (broad SMARTS) is 1. The first-order valence-corrected chi connectivity index (χ1v) is 6.61. The van der Waals surface area contributed by atoms with Crippen molar-refractivity contribution in [2.24, 2.45) is 5.10 Å². The van der Waals surface area contributed by atoms with Crippen LogP contribution in [0.1, 0.15) is 37.8 Å². The fourth-order valence-electron chi connectivity index (χ4n) is 1.61. The number of rotatable bonds is 6. The van der Waals surface area contributed by atoms with Crippen LogP contribution in [-0.4, -0.2) is 29.3 Å². The standard InChI is InChI=1S/C15H20N2O4/c1-9(2)12-6-5-10(3)7-13(12)21-8-14(18)17-16-11(4)15(19)20/h5-7,9H,8H2,1-4H3,(H,17,18)(H,19,20)/b16-11-. The van der Waals surface area contributed by atoms with Crippen molar-refractivity contribution < 1.29 is 19.4 Å². The molecule has 114 valence electrons. The van der Waals surface area contributed by atoms with Crippen LogP contribution in [0.5, 0.6) is 5.75 Å². The second-order valence-electron chi connectivity index (χ2n) is 5.02. The van der Waals surface area contributed by atoms with Crippen LogP contribution in [0.25, 0.3) is 0 Å². The van der Waals surface area contributed by atoms with Gasteiger partial charge < -0.3 is 9.84 Å². The van der Waals surface area contributed by atoms with Crippen molar-refractivity contribution >= 4 is 17.6 Å². The number of amides is 1. The second-order valence-corrected chi connectivity index (χ2v) is 5.02. The van der Waals surface area contributed by atoms with Gasteiger partial charge in [-0.3, -0.25) is 4.79 Å². The lowest BCUT2D eigenvalue weighted by Gasteiger charge is -2.14. The molecule has 0 spiro atoms. The Labute approximate surface area is 123 Å². The molecule has 2 N–H and O–H groups in total. The minimum absolute atomic E-state index is 0.193. The number of carboxylic acids is 1. The second kappa shape index (κ2) is 7.42. The minimum Gasteiger partial charge on any atom is -0.483 e. The first-order valence-electron chi connectivity index (χ1n) is 6.61. The number of nitrogens with zero attached hydrogens (tertiary/aromatic N) is 1. The van der Waals surface area contributed by atoms with Crippen molar-refractivity contribution in [1.29, 1.82) is 0 Å². The Morgan fingerprint density at radius 2 is 2.05 bits per heavy atom. The van der Waals surface area contributed by atoms with E-state index in [0.717, 1.165) is 11.1 Å². The lowest BCUT2D eigenvalue weighted by molar-refractivity contribution is -0.129. The number of nitrogens with one attached hydrogen (secondary N) is 1. The summed E-state index contributed by atoms with van der Waals surface area (Å²) in [6, 6.07) is 5.83. The number of ether oxygens (including phenoxy) is 1. The molecule has 0 unspecified atom stereocenters. The lowest BCUT2D eigenvalue weighted by Crippen LogP contribution is -2.27. The summed E-state index contributed by atoms with van der Waals surface area (Å²) >= 11 is 0. The molecule has 0 aliphatic heterocycles. The van der Waals surface area contributed by atoms with Gasteiger partial charge in [0.05, 0.1) is 0 Å². The summed E-state index contributed by atoms with van der Waals surface area (Å²) in [4.78, 5) is 22.1. The summed E-state index contributed by atoms with van der Waals surface area (Å²) in [5, 5.41) is 12.1. The molecule has 6 nitrogen and oxygen atoms in total. The van der Waals surface area contributed by atoms with Crippen LogP contribution in [0.15, 0.2) is 23.3 Å². The van der Waals surface area contributed by atoms with E-state index >= 15 is 0 Å². The molecule has 1 aromatic rings. The van der Waals surface area contributed by atoms with Crippen LogP contribution in [0.3, 0.4) is 0 Å². The summed E-state index contributed by atoms with van der Waals surface area (Å²) in [6.07, 6.45) is 0. The zero-order valence-corrected chi connectivity index (χ0v) is 12.6. The van der Waals surface area contributed by atoms with E-state index in [-0.39, 0.29) is 18.2 Å². The molecule has 1 amide bonds. The highest BCUT2D eigenvalue weighted by atomic mass is 16.5. The number of hydrogen-bond donors (Lipinski definition) is 2. The molecule has 0 aromatic heterocycles. The highest BCUT2D eigenvalue weighted by molar-refractivity contribution is 6.34. The van der Waals surface area contributed by atoms with Gasteiger partial charge in [-0.15, -0.1) is 0 Å². The van der Waals surface area contributed by atoms with E-state index in [1.54, 1.807) is 0 Å². The van der Waals surface area contributed by atoms with Gasteiger partial charge in [0.15, 0.2) is 6.61 Å². The summed E-state index contributed by atoms with van der Waals surface area (Å²) in [5.74, 6) is -0.765. The molecular formula is C15H20N2O4. The number of aryl methyl sites for hydroxylation is 1. The van der Waals surface area contributed by atoms with Crippen LogP contribution in [0.2, 0.25) is 0 Å². The molecule has 1 rings (SSSR count). The summed E-state index contributed by atoms with van der Waals surface area (Å²) in [7, 11) is 0. The molecule has 0 atom stereocenters. The highest BCUT2D eigenvalue weighted by Gasteiger charge is 2.10. The van der Waals surface area contributed by atoms with Crippen molar-refractivity contribution in [3.05, 3.63) is 29.3 Å². The number of carbonyl (C=O) groups is 2. The minimum atomic E-state index is -1.18. The highest BCUT2D eigenvalue weighted by Crippen LogP contribution is 2.27.